The Labute approximate surface area is 83.5 Å². The Bertz CT molecular complexity index is 142. The Morgan fingerprint density at radius 2 is 2.08 bits per heavy atom. The lowest BCUT2D eigenvalue weighted by molar-refractivity contribution is 0.0981. The van der Waals surface area contributed by atoms with Gasteiger partial charge in [-0.05, 0) is 43.7 Å². The van der Waals surface area contributed by atoms with Crippen molar-refractivity contribution in [2.45, 2.75) is 40.5 Å². The summed E-state index contributed by atoms with van der Waals surface area (Å²) >= 11 is 0. The molecule has 0 radical (unpaired) electrons. The molecule has 0 N–H and O–H groups in total. The maximum absolute atomic E-state index is 2.64. The van der Waals surface area contributed by atoms with Crippen LogP contribution in [0.15, 0.2) is 0 Å². The van der Waals surface area contributed by atoms with Crippen LogP contribution < -0.4 is 0 Å². The third kappa shape index (κ3) is 2.98. The van der Waals surface area contributed by atoms with Gasteiger partial charge in [0.1, 0.15) is 0 Å². The van der Waals surface area contributed by atoms with Gasteiger partial charge < -0.3 is 4.90 Å². The summed E-state index contributed by atoms with van der Waals surface area (Å²) in [5.41, 5.74) is 0. The molecule has 0 aliphatic carbocycles. The number of nitrogens with zero attached hydrogens (tertiary/aromatic N) is 1. The molecule has 0 aromatic rings. The van der Waals surface area contributed by atoms with Gasteiger partial charge in [0.2, 0.25) is 0 Å². The summed E-state index contributed by atoms with van der Waals surface area (Å²) in [5.74, 6) is 2.73. The molecule has 78 valence electrons. The molecule has 1 saturated heterocycles. The van der Waals surface area contributed by atoms with E-state index >= 15 is 0 Å². The van der Waals surface area contributed by atoms with Crippen LogP contribution in [0.5, 0.6) is 0 Å². The van der Waals surface area contributed by atoms with E-state index in [1.807, 2.05) is 0 Å². The molecule has 1 heteroatoms. The Morgan fingerprint density at radius 1 is 1.38 bits per heavy atom. The van der Waals surface area contributed by atoms with Crippen molar-refractivity contribution in [3.05, 3.63) is 0 Å². The Morgan fingerprint density at radius 3 is 2.62 bits per heavy atom. The van der Waals surface area contributed by atoms with E-state index in [0.29, 0.717) is 0 Å². The zero-order chi connectivity index (χ0) is 9.84. The largest absolute Gasteiger partial charge is 0.303 e. The lowest BCUT2D eigenvalue weighted by Crippen LogP contribution is -2.41. The first-order valence-corrected chi connectivity index (χ1v) is 5.87. The molecular weight excluding hydrogens is 158 g/mol. The molecule has 1 heterocycles. The van der Waals surface area contributed by atoms with Gasteiger partial charge in [-0.2, -0.15) is 0 Å². The van der Waals surface area contributed by atoms with E-state index in [-0.39, 0.29) is 0 Å². The molecule has 1 unspecified atom stereocenters. The molecule has 0 aromatic carbocycles. The van der Waals surface area contributed by atoms with Gasteiger partial charge in [0.25, 0.3) is 0 Å². The van der Waals surface area contributed by atoms with Crippen molar-refractivity contribution in [3.8, 4) is 0 Å². The second kappa shape index (κ2) is 4.99. The predicted octanol–water partition coefficient (Wildman–Crippen LogP) is 3.01. The van der Waals surface area contributed by atoms with Crippen molar-refractivity contribution < 1.29 is 0 Å². The quantitative estimate of drug-likeness (QED) is 0.650. The van der Waals surface area contributed by atoms with Crippen LogP contribution in [0.2, 0.25) is 0 Å². The molecule has 1 aliphatic heterocycles. The van der Waals surface area contributed by atoms with Gasteiger partial charge in [0, 0.05) is 6.54 Å². The van der Waals surface area contributed by atoms with E-state index in [9.17, 15) is 0 Å². The average molecular weight is 183 g/mol. The summed E-state index contributed by atoms with van der Waals surface area (Å²) in [5, 5.41) is 0. The summed E-state index contributed by atoms with van der Waals surface area (Å²) in [6, 6.07) is 0. The topological polar surface area (TPSA) is 3.24 Å². The number of rotatable bonds is 3. The van der Waals surface area contributed by atoms with Crippen molar-refractivity contribution in [2.24, 2.45) is 17.8 Å². The van der Waals surface area contributed by atoms with Crippen LogP contribution >= 0.6 is 0 Å². The van der Waals surface area contributed by atoms with Gasteiger partial charge in [-0.25, -0.2) is 0 Å². The maximum Gasteiger partial charge on any atom is 0.00147 e. The molecule has 13 heavy (non-hydrogen) atoms. The molecule has 1 fully saturated rings. The van der Waals surface area contributed by atoms with Gasteiger partial charge in [-0.3, -0.25) is 0 Å². The number of hydrogen-bond acceptors (Lipinski definition) is 1. The van der Waals surface area contributed by atoms with Crippen molar-refractivity contribution in [3.63, 3.8) is 0 Å². The second-order valence-corrected chi connectivity index (χ2v) is 4.97. The van der Waals surface area contributed by atoms with Gasteiger partial charge in [-0.1, -0.05) is 27.7 Å². The molecule has 1 aliphatic rings. The van der Waals surface area contributed by atoms with Crippen LogP contribution in [-0.2, 0) is 0 Å². The van der Waals surface area contributed by atoms with Crippen molar-refractivity contribution in [1.82, 2.24) is 4.90 Å². The van der Waals surface area contributed by atoms with Gasteiger partial charge in [-0.15, -0.1) is 0 Å². The summed E-state index contributed by atoms with van der Waals surface area (Å²) in [7, 11) is 0. The van der Waals surface area contributed by atoms with Crippen LogP contribution in [0.3, 0.4) is 0 Å². The SMILES string of the molecule is CCCN1CC[C@@H](C)C(C(C)C)C1. The zero-order valence-electron chi connectivity index (χ0n) is 9.71. The van der Waals surface area contributed by atoms with Crippen molar-refractivity contribution in [1.29, 1.82) is 0 Å². The summed E-state index contributed by atoms with van der Waals surface area (Å²) in [6.07, 6.45) is 2.71. The molecule has 0 aromatic heterocycles. The molecule has 1 rings (SSSR count). The lowest BCUT2D eigenvalue weighted by atomic mass is 9.79. The Balaban J connectivity index is 2.43. The standard InChI is InChI=1S/C12H25N/c1-5-7-13-8-6-11(4)12(9-13)10(2)3/h10-12H,5-9H2,1-4H3/t11-,12?/m1/s1. The van der Waals surface area contributed by atoms with E-state index in [1.54, 1.807) is 0 Å². The van der Waals surface area contributed by atoms with Crippen LogP contribution in [0.1, 0.15) is 40.5 Å². The molecule has 0 saturated carbocycles. The highest BCUT2D eigenvalue weighted by molar-refractivity contribution is 4.79. The van der Waals surface area contributed by atoms with Crippen molar-refractivity contribution >= 4 is 0 Å². The summed E-state index contributed by atoms with van der Waals surface area (Å²) in [4.78, 5) is 2.64. The monoisotopic (exact) mass is 183 g/mol. The maximum atomic E-state index is 2.64. The van der Waals surface area contributed by atoms with Crippen LogP contribution in [0.4, 0.5) is 0 Å². The fraction of sp³-hybridized carbons (Fsp3) is 1.00. The highest BCUT2D eigenvalue weighted by Gasteiger charge is 2.27. The lowest BCUT2D eigenvalue weighted by Gasteiger charge is -2.39. The summed E-state index contributed by atoms with van der Waals surface area (Å²) in [6.45, 7) is 13.4. The first-order valence-electron chi connectivity index (χ1n) is 5.87. The average Bonchev–Trinajstić information content (AvgIpc) is 2.08. The van der Waals surface area contributed by atoms with Gasteiger partial charge >= 0.3 is 0 Å². The highest BCUT2D eigenvalue weighted by atomic mass is 15.1. The van der Waals surface area contributed by atoms with E-state index in [0.717, 1.165) is 17.8 Å². The number of piperidine rings is 1. The zero-order valence-corrected chi connectivity index (χ0v) is 9.71. The van der Waals surface area contributed by atoms with Crippen LogP contribution in [0.25, 0.3) is 0 Å². The minimum Gasteiger partial charge on any atom is -0.303 e. The Kier molecular flexibility index (Phi) is 4.24. The van der Waals surface area contributed by atoms with Crippen LogP contribution in [0, 0.1) is 17.8 Å². The minimum atomic E-state index is 0.856. The highest BCUT2D eigenvalue weighted by Crippen LogP contribution is 2.28. The first kappa shape index (κ1) is 11.0. The second-order valence-electron chi connectivity index (χ2n) is 4.97. The number of likely N-dealkylation sites (tertiary alicyclic amines) is 1. The smallest absolute Gasteiger partial charge is 0.00147 e. The fourth-order valence-electron chi connectivity index (χ4n) is 2.56. The van der Waals surface area contributed by atoms with Crippen molar-refractivity contribution in [2.75, 3.05) is 19.6 Å². The van der Waals surface area contributed by atoms with Crippen LogP contribution in [-0.4, -0.2) is 24.5 Å². The fourth-order valence-corrected chi connectivity index (χ4v) is 2.56. The minimum absolute atomic E-state index is 0.856. The molecule has 2 atom stereocenters. The third-order valence-electron chi connectivity index (χ3n) is 3.50. The van der Waals surface area contributed by atoms with E-state index in [2.05, 4.69) is 32.6 Å². The normalized spacial score (nSPS) is 31.2. The predicted molar refractivity (Wildman–Crippen MR) is 58.8 cm³/mol. The number of hydrogen-bond donors (Lipinski definition) is 0. The van der Waals surface area contributed by atoms with E-state index in [1.165, 1.54) is 32.5 Å². The molecule has 1 nitrogen and oxygen atoms in total. The molecular formula is C12H25N. The summed E-state index contributed by atoms with van der Waals surface area (Å²) < 4.78 is 0. The third-order valence-corrected chi connectivity index (χ3v) is 3.50. The molecule has 0 bridgehead atoms. The molecule has 0 spiro atoms. The first-order chi connectivity index (χ1) is 6.15. The van der Waals surface area contributed by atoms with Gasteiger partial charge in [0.05, 0.1) is 0 Å². The van der Waals surface area contributed by atoms with E-state index in [4.69, 9.17) is 0 Å². The molecule has 0 amide bonds. The van der Waals surface area contributed by atoms with Gasteiger partial charge in [0.15, 0.2) is 0 Å². The Hall–Kier alpha value is -0.0400. The van der Waals surface area contributed by atoms with E-state index < -0.39 is 0 Å².